The van der Waals surface area contributed by atoms with Crippen LogP contribution in [0.5, 0.6) is 0 Å². The molecule has 1 amide bonds. The van der Waals surface area contributed by atoms with E-state index in [9.17, 15) is 14.7 Å². The Balaban J connectivity index is 2.39. The molecule has 1 aliphatic heterocycles. The first-order chi connectivity index (χ1) is 14.1. The zero-order chi connectivity index (χ0) is 23.6. The fraction of sp³-hybridized carbons (Fsp3) is 0.545. The van der Waals surface area contributed by atoms with E-state index in [0.29, 0.717) is 21.6 Å². The summed E-state index contributed by atoms with van der Waals surface area (Å²) < 4.78 is 17.6. The molecule has 0 bridgehead atoms. The van der Waals surface area contributed by atoms with Gasteiger partial charge in [-0.05, 0) is 77.2 Å². The minimum absolute atomic E-state index is 0.0981. The number of alkyl carbamates (subject to hydrolysis) is 1. The normalized spacial score (nSPS) is 18.1. The van der Waals surface area contributed by atoms with Crippen LogP contribution in [0.2, 0.25) is 5.02 Å². The van der Waals surface area contributed by atoms with E-state index in [1.54, 1.807) is 45.0 Å². The largest absolute Gasteiger partial charge is 0.492 e. The molecule has 2 rings (SSSR count). The number of carbonyl (C=O) groups is 2. The van der Waals surface area contributed by atoms with Crippen molar-refractivity contribution in [3.05, 3.63) is 39.8 Å². The van der Waals surface area contributed by atoms with Crippen molar-refractivity contribution in [3.63, 3.8) is 0 Å². The lowest BCUT2D eigenvalue weighted by atomic mass is 9.76. The van der Waals surface area contributed by atoms with Gasteiger partial charge in [0.15, 0.2) is 0 Å². The second-order valence-electron chi connectivity index (χ2n) is 9.58. The molecule has 31 heavy (non-hydrogen) atoms. The fourth-order valence-corrected chi connectivity index (χ4v) is 3.11. The first kappa shape index (κ1) is 25.2. The predicted octanol–water partition coefficient (Wildman–Crippen LogP) is 4.51. The summed E-state index contributed by atoms with van der Waals surface area (Å²) in [5, 5.41) is 12.4. The lowest BCUT2D eigenvalue weighted by molar-refractivity contribution is -0.136. The topological polar surface area (TPSA) is 94.1 Å². The van der Waals surface area contributed by atoms with Gasteiger partial charge in [-0.1, -0.05) is 23.7 Å². The highest BCUT2D eigenvalue weighted by Gasteiger charge is 2.52. The molecule has 7 nitrogen and oxygen atoms in total. The Hall–Kier alpha value is -2.03. The summed E-state index contributed by atoms with van der Waals surface area (Å²) >= 11 is 6.07. The Kier molecular flexibility index (Phi) is 7.51. The number of halogens is 1. The number of benzene rings is 1. The van der Waals surface area contributed by atoms with Crippen molar-refractivity contribution >= 4 is 36.9 Å². The van der Waals surface area contributed by atoms with Gasteiger partial charge >= 0.3 is 19.2 Å². The van der Waals surface area contributed by atoms with Crippen molar-refractivity contribution in [1.82, 2.24) is 5.32 Å². The third-order valence-corrected chi connectivity index (χ3v) is 5.41. The first-order valence-corrected chi connectivity index (χ1v) is 10.5. The molecule has 0 radical (unpaired) electrons. The number of amides is 1. The van der Waals surface area contributed by atoms with Gasteiger partial charge in [0.1, 0.15) is 5.60 Å². The Morgan fingerprint density at radius 3 is 2.29 bits per heavy atom. The third kappa shape index (κ3) is 6.99. The van der Waals surface area contributed by atoms with E-state index in [4.69, 9.17) is 25.6 Å². The second kappa shape index (κ2) is 9.22. The number of ether oxygens (including phenoxy) is 1. The lowest BCUT2D eigenvalue weighted by Crippen LogP contribution is -2.41. The number of nitrogens with one attached hydrogen (secondary N) is 1. The Labute approximate surface area is 189 Å². The van der Waals surface area contributed by atoms with E-state index in [2.05, 4.69) is 5.32 Å². The van der Waals surface area contributed by atoms with Crippen molar-refractivity contribution in [2.45, 2.75) is 71.7 Å². The highest BCUT2D eigenvalue weighted by molar-refractivity contribution is 6.56. The van der Waals surface area contributed by atoms with Crippen LogP contribution < -0.4 is 5.32 Å². The molecule has 0 unspecified atom stereocenters. The first-order valence-electron chi connectivity index (χ1n) is 10.1. The Morgan fingerprint density at radius 2 is 1.77 bits per heavy atom. The van der Waals surface area contributed by atoms with E-state index >= 15 is 0 Å². The fourth-order valence-electron chi connectivity index (χ4n) is 2.92. The molecule has 9 heteroatoms. The van der Waals surface area contributed by atoms with Gasteiger partial charge in [-0.3, -0.25) is 4.79 Å². The summed E-state index contributed by atoms with van der Waals surface area (Å²) in [5.41, 5.74) is 0.0367. The van der Waals surface area contributed by atoms with Crippen molar-refractivity contribution in [2.75, 3.05) is 6.54 Å². The summed E-state index contributed by atoms with van der Waals surface area (Å²) in [5.74, 6) is -0.971. The average molecular weight is 452 g/mol. The summed E-state index contributed by atoms with van der Waals surface area (Å²) in [4.78, 5) is 23.5. The van der Waals surface area contributed by atoms with E-state index in [1.807, 2.05) is 27.7 Å². The number of carboxylic acid groups (broad SMARTS) is 1. The highest BCUT2D eigenvalue weighted by atomic mass is 35.5. The number of carboxylic acids is 1. The van der Waals surface area contributed by atoms with Crippen molar-refractivity contribution in [1.29, 1.82) is 0 Å². The third-order valence-electron chi connectivity index (χ3n) is 5.18. The van der Waals surface area contributed by atoms with Crippen LogP contribution in [0.15, 0.2) is 23.7 Å². The molecule has 1 fully saturated rings. The maximum absolute atomic E-state index is 12.2. The zero-order valence-corrected chi connectivity index (χ0v) is 19.9. The molecule has 1 aliphatic rings. The van der Waals surface area contributed by atoms with Gasteiger partial charge in [0.2, 0.25) is 0 Å². The molecule has 170 valence electrons. The number of carbonyl (C=O) groups excluding carboxylic acids is 1. The number of hydrogen-bond donors (Lipinski definition) is 2. The minimum atomic E-state index is -0.971. The second-order valence-corrected chi connectivity index (χ2v) is 10.0. The minimum Gasteiger partial charge on any atom is -0.481 e. The van der Waals surface area contributed by atoms with E-state index in [-0.39, 0.29) is 13.0 Å². The molecule has 0 saturated carbocycles. The van der Waals surface area contributed by atoms with Crippen molar-refractivity contribution in [2.24, 2.45) is 0 Å². The molecule has 0 spiro atoms. The van der Waals surface area contributed by atoms with E-state index in [1.165, 1.54) is 0 Å². The zero-order valence-electron chi connectivity index (χ0n) is 19.2. The molecular formula is C22H31BClNO6. The van der Waals surface area contributed by atoms with Gasteiger partial charge in [0, 0.05) is 11.6 Å². The molecule has 1 saturated heterocycles. The quantitative estimate of drug-likeness (QED) is 0.618. The molecule has 2 N–H and O–H groups in total. The Bertz CT molecular complexity index is 859. The van der Waals surface area contributed by atoms with Crippen LogP contribution >= 0.6 is 11.6 Å². The Morgan fingerprint density at radius 1 is 1.19 bits per heavy atom. The van der Waals surface area contributed by atoms with Gasteiger partial charge in [-0.15, -0.1) is 0 Å². The predicted molar refractivity (Wildman–Crippen MR) is 121 cm³/mol. The van der Waals surface area contributed by atoms with Crippen LogP contribution in [0.4, 0.5) is 4.79 Å². The molecule has 1 aromatic rings. The van der Waals surface area contributed by atoms with Gasteiger partial charge in [0.25, 0.3) is 0 Å². The van der Waals surface area contributed by atoms with Gasteiger partial charge in [-0.2, -0.15) is 0 Å². The SMILES string of the molecule is CC(C)(C)OC(=O)NCC(=Cc1ccc(Cl)cc1CC(=O)O)B1OC(C)(C)C(C)(C)O1. The maximum Gasteiger partial charge on any atom is 0.492 e. The number of hydrogen-bond acceptors (Lipinski definition) is 5. The van der Waals surface area contributed by atoms with E-state index in [0.717, 1.165) is 0 Å². The van der Waals surface area contributed by atoms with Crippen LogP contribution in [0, 0.1) is 0 Å². The smallest absolute Gasteiger partial charge is 0.481 e. The molecule has 0 aliphatic carbocycles. The molecule has 0 atom stereocenters. The van der Waals surface area contributed by atoms with Gasteiger partial charge < -0.3 is 24.5 Å². The summed E-state index contributed by atoms with van der Waals surface area (Å²) in [6, 6.07) is 5.03. The van der Waals surface area contributed by atoms with Gasteiger partial charge in [0.05, 0.1) is 17.6 Å². The van der Waals surface area contributed by atoms with Crippen LogP contribution in [0.25, 0.3) is 6.08 Å². The summed E-state index contributed by atoms with van der Waals surface area (Å²) in [6.07, 6.45) is 1.01. The summed E-state index contributed by atoms with van der Waals surface area (Å²) in [7, 11) is -0.728. The summed E-state index contributed by atoms with van der Waals surface area (Å²) in [6.45, 7) is 13.2. The van der Waals surface area contributed by atoms with Gasteiger partial charge in [-0.25, -0.2) is 4.79 Å². The number of rotatable bonds is 6. The molecular weight excluding hydrogens is 421 g/mol. The maximum atomic E-state index is 12.2. The molecule has 1 aromatic carbocycles. The molecule has 1 heterocycles. The standard InChI is InChI=1S/C22H31BClNO6/c1-20(2,3)29-19(28)25-13-16(23-30-21(4,5)22(6,7)31-23)10-14-8-9-17(24)11-15(14)12-18(26)27/h8-11H,12-13H2,1-7H3,(H,25,28)(H,26,27). The van der Waals surface area contributed by atoms with Crippen LogP contribution in [0.3, 0.4) is 0 Å². The van der Waals surface area contributed by atoms with Crippen molar-refractivity contribution < 1.29 is 28.7 Å². The molecule has 0 aromatic heterocycles. The highest BCUT2D eigenvalue weighted by Crippen LogP contribution is 2.39. The van der Waals surface area contributed by atoms with Crippen LogP contribution in [-0.2, 0) is 25.3 Å². The average Bonchev–Trinajstić information content (AvgIpc) is 2.78. The van der Waals surface area contributed by atoms with Crippen LogP contribution in [-0.4, -0.2) is 47.6 Å². The number of aliphatic carboxylic acids is 1. The van der Waals surface area contributed by atoms with Crippen LogP contribution in [0.1, 0.15) is 59.6 Å². The van der Waals surface area contributed by atoms with Crippen molar-refractivity contribution in [3.8, 4) is 0 Å². The lowest BCUT2D eigenvalue weighted by Gasteiger charge is -2.32. The van der Waals surface area contributed by atoms with E-state index < -0.39 is 36.0 Å². The monoisotopic (exact) mass is 451 g/mol.